The number of nitrogens with one attached hydrogen (secondary N) is 1. The molecule has 0 aliphatic carbocycles. The fraction of sp³-hybridized carbons (Fsp3) is 0.143. The summed E-state index contributed by atoms with van der Waals surface area (Å²) >= 11 is 3.32. The molecule has 0 saturated heterocycles. The van der Waals surface area contributed by atoms with E-state index in [1.165, 1.54) is 0 Å². The molecule has 1 aromatic carbocycles. The number of carbonyl (C=O) groups is 1. The molecule has 0 spiro atoms. The van der Waals surface area contributed by atoms with Gasteiger partial charge in [0.1, 0.15) is 5.69 Å². The summed E-state index contributed by atoms with van der Waals surface area (Å²) in [7, 11) is 1.78. The van der Waals surface area contributed by atoms with Crippen molar-refractivity contribution in [3.8, 4) is 11.6 Å². The molecule has 3 rings (SSSR count). The second-order valence-electron chi connectivity index (χ2n) is 4.67. The average molecular weight is 362 g/mol. The predicted octanol–water partition coefficient (Wildman–Crippen LogP) is 2.79. The van der Waals surface area contributed by atoms with Crippen molar-refractivity contribution in [2.45, 2.75) is 6.92 Å². The first kappa shape index (κ1) is 14.5. The number of hydrogen-bond donors (Lipinski definition) is 1. The molecule has 2 aromatic heterocycles. The zero-order valence-electron chi connectivity index (χ0n) is 11.9. The van der Waals surface area contributed by atoms with E-state index in [1.807, 2.05) is 19.1 Å². The van der Waals surface area contributed by atoms with Crippen LogP contribution in [0.5, 0.6) is 0 Å². The van der Waals surface area contributed by atoms with Crippen molar-refractivity contribution >= 4 is 27.9 Å². The predicted molar refractivity (Wildman–Crippen MR) is 83.3 cm³/mol. The molecule has 0 aliphatic heterocycles. The van der Waals surface area contributed by atoms with Gasteiger partial charge in [-0.05, 0) is 31.2 Å². The maximum Gasteiger partial charge on any atom is 0.322 e. The Balaban J connectivity index is 1.80. The molecule has 8 heteroatoms. The first-order valence-electron chi connectivity index (χ1n) is 6.44. The summed E-state index contributed by atoms with van der Waals surface area (Å²) in [4.78, 5) is 12.1. The highest BCUT2D eigenvalue weighted by Gasteiger charge is 2.15. The monoisotopic (exact) mass is 361 g/mol. The molecular weight excluding hydrogens is 350 g/mol. The number of rotatable bonds is 3. The van der Waals surface area contributed by atoms with Crippen LogP contribution in [0.3, 0.4) is 0 Å². The van der Waals surface area contributed by atoms with Crippen molar-refractivity contribution in [1.29, 1.82) is 0 Å². The zero-order valence-corrected chi connectivity index (χ0v) is 13.5. The Hall–Kier alpha value is -2.48. The number of anilines is 1. The highest BCUT2D eigenvalue weighted by molar-refractivity contribution is 9.10. The van der Waals surface area contributed by atoms with Crippen LogP contribution in [-0.2, 0) is 7.05 Å². The first-order chi connectivity index (χ1) is 10.5. The third kappa shape index (κ3) is 2.91. The van der Waals surface area contributed by atoms with Crippen molar-refractivity contribution in [3.05, 3.63) is 46.1 Å². The summed E-state index contributed by atoms with van der Waals surface area (Å²) in [6.07, 6.45) is 0. The van der Waals surface area contributed by atoms with Crippen LogP contribution >= 0.6 is 15.9 Å². The Labute approximate surface area is 134 Å². The molecule has 1 N–H and O–H groups in total. The summed E-state index contributed by atoms with van der Waals surface area (Å²) in [6, 6.07) is 8.88. The molecule has 22 heavy (non-hydrogen) atoms. The largest absolute Gasteiger partial charge is 0.401 e. The molecule has 7 nitrogen and oxygen atoms in total. The number of benzene rings is 1. The SMILES string of the molecule is Cc1cc(-c2nnc(NC(=O)c3cccc(Br)c3)o2)n(C)n1. The van der Waals surface area contributed by atoms with Gasteiger partial charge in [0, 0.05) is 17.1 Å². The summed E-state index contributed by atoms with van der Waals surface area (Å²) < 4.78 is 7.92. The topological polar surface area (TPSA) is 85.8 Å². The number of carbonyl (C=O) groups excluding carboxylic acids is 1. The van der Waals surface area contributed by atoms with Crippen molar-refractivity contribution in [3.63, 3.8) is 0 Å². The van der Waals surface area contributed by atoms with Gasteiger partial charge in [0.05, 0.1) is 5.69 Å². The average Bonchev–Trinajstić information content (AvgIpc) is 3.05. The Morgan fingerprint density at radius 1 is 1.32 bits per heavy atom. The van der Waals surface area contributed by atoms with E-state index < -0.39 is 0 Å². The number of nitrogens with zero attached hydrogens (tertiary/aromatic N) is 4. The molecule has 0 fully saturated rings. The Kier molecular flexibility index (Phi) is 3.76. The molecular formula is C14H12BrN5O2. The minimum Gasteiger partial charge on any atom is -0.401 e. The molecule has 0 radical (unpaired) electrons. The highest BCUT2D eigenvalue weighted by Crippen LogP contribution is 2.20. The van der Waals surface area contributed by atoms with Gasteiger partial charge >= 0.3 is 6.01 Å². The van der Waals surface area contributed by atoms with Crippen LogP contribution in [0.25, 0.3) is 11.6 Å². The first-order valence-corrected chi connectivity index (χ1v) is 7.23. The lowest BCUT2D eigenvalue weighted by atomic mass is 10.2. The van der Waals surface area contributed by atoms with E-state index in [9.17, 15) is 4.79 Å². The lowest BCUT2D eigenvalue weighted by Crippen LogP contribution is -2.11. The van der Waals surface area contributed by atoms with Crippen molar-refractivity contribution in [1.82, 2.24) is 20.0 Å². The van der Waals surface area contributed by atoms with E-state index in [4.69, 9.17) is 4.42 Å². The van der Waals surface area contributed by atoms with Crippen molar-refractivity contribution < 1.29 is 9.21 Å². The van der Waals surface area contributed by atoms with Crippen LogP contribution in [-0.4, -0.2) is 25.9 Å². The lowest BCUT2D eigenvalue weighted by Gasteiger charge is -2.00. The van der Waals surface area contributed by atoms with Crippen LogP contribution in [0.15, 0.2) is 39.2 Å². The van der Waals surface area contributed by atoms with Gasteiger partial charge in [-0.1, -0.05) is 27.1 Å². The summed E-state index contributed by atoms with van der Waals surface area (Å²) in [5.41, 5.74) is 2.02. The number of hydrogen-bond acceptors (Lipinski definition) is 5. The molecule has 3 aromatic rings. The van der Waals surface area contributed by atoms with E-state index in [1.54, 1.807) is 29.9 Å². The van der Waals surface area contributed by atoms with E-state index in [2.05, 4.69) is 36.5 Å². The molecule has 1 amide bonds. The summed E-state index contributed by atoms with van der Waals surface area (Å²) in [5.74, 6) is -0.0228. The van der Waals surface area contributed by atoms with Crippen LogP contribution < -0.4 is 5.32 Å². The number of aromatic nitrogens is 4. The second kappa shape index (κ2) is 5.72. The molecule has 0 atom stereocenters. The summed E-state index contributed by atoms with van der Waals surface area (Å²) in [5, 5.41) is 14.5. The molecule has 0 saturated carbocycles. The smallest absolute Gasteiger partial charge is 0.322 e. The van der Waals surface area contributed by atoms with Gasteiger partial charge in [-0.3, -0.25) is 14.8 Å². The third-order valence-corrected chi connectivity index (χ3v) is 3.45. The molecule has 112 valence electrons. The fourth-order valence-corrected chi connectivity index (χ4v) is 2.39. The Morgan fingerprint density at radius 2 is 2.14 bits per heavy atom. The standard InChI is InChI=1S/C14H12BrN5O2/c1-8-6-11(20(2)19-8)13-17-18-14(22-13)16-12(21)9-4-3-5-10(15)7-9/h3-7H,1-2H3,(H,16,18,21). The van der Waals surface area contributed by atoms with Crippen molar-refractivity contribution in [2.24, 2.45) is 7.05 Å². The Morgan fingerprint density at radius 3 is 2.82 bits per heavy atom. The lowest BCUT2D eigenvalue weighted by molar-refractivity contribution is 0.102. The second-order valence-corrected chi connectivity index (χ2v) is 5.59. The normalized spacial score (nSPS) is 10.7. The third-order valence-electron chi connectivity index (χ3n) is 2.95. The van der Waals surface area contributed by atoms with Crippen molar-refractivity contribution in [2.75, 3.05) is 5.32 Å². The highest BCUT2D eigenvalue weighted by atomic mass is 79.9. The fourth-order valence-electron chi connectivity index (χ4n) is 1.99. The van der Waals surface area contributed by atoms with Gasteiger partial charge in [0.2, 0.25) is 0 Å². The number of aryl methyl sites for hydroxylation is 2. The van der Waals surface area contributed by atoms with E-state index in [0.717, 1.165) is 10.2 Å². The number of amides is 1. The quantitative estimate of drug-likeness (QED) is 0.774. The molecule has 0 aliphatic rings. The molecule has 0 bridgehead atoms. The van der Waals surface area contributed by atoms with Gasteiger partial charge in [-0.2, -0.15) is 5.10 Å². The maximum absolute atomic E-state index is 12.1. The van der Waals surface area contributed by atoms with Crippen LogP contribution in [0, 0.1) is 6.92 Å². The van der Waals surface area contributed by atoms with Gasteiger partial charge in [-0.25, -0.2) is 0 Å². The minimum atomic E-state index is -0.322. The van der Waals surface area contributed by atoms with Gasteiger partial charge in [-0.15, -0.1) is 5.10 Å². The molecule has 2 heterocycles. The Bertz CT molecular complexity index is 839. The van der Waals surface area contributed by atoms with Crippen LogP contribution in [0.1, 0.15) is 16.1 Å². The van der Waals surface area contributed by atoms with Gasteiger partial charge in [0.15, 0.2) is 0 Å². The molecule has 0 unspecified atom stereocenters. The van der Waals surface area contributed by atoms with Gasteiger partial charge < -0.3 is 4.42 Å². The van der Waals surface area contributed by atoms with Gasteiger partial charge in [0.25, 0.3) is 11.8 Å². The van der Waals surface area contributed by atoms with Crippen LogP contribution in [0.4, 0.5) is 6.01 Å². The summed E-state index contributed by atoms with van der Waals surface area (Å²) in [6.45, 7) is 1.87. The van der Waals surface area contributed by atoms with Crippen LogP contribution in [0.2, 0.25) is 0 Å². The zero-order chi connectivity index (χ0) is 15.7. The minimum absolute atomic E-state index is 0.0406. The van der Waals surface area contributed by atoms with E-state index in [0.29, 0.717) is 17.1 Å². The number of halogens is 1. The van der Waals surface area contributed by atoms with E-state index >= 15 is 0 Å². The van der Waals surface area contributed by atoms with E-state index in [-0.39, 0.29) is 11.9 Å². The maximum atomic E-state index is 12.1.